The number of carboxylic acid groups (broad SMARTS) is 1. The maximum atomic E-state index is 10.4. The normalized spacial score (nSPS) is 10.9. The van der Waals surface area contributed by atoms with Gasteiger partial charge in [-0.3, -0.25) is 0 Å². The molecule has 0 spiro atoms. The van der Waals surface area contributed by atoms with Crippen molar-refractivity contribution in [2.45, 2.75) is 26.3 Å². The van der Waals surface area contributed by atoms with Crippen LogP contribution in [0.3, 0.4) is 0 Å². The van der Waals surface area contributed by atoms with E-state index < -0.39 is 5.97 Å². The average Bonchev–Trinajstić information content (AvgIpc) is 2.54. The van der Waals surface area contributed by atoms with Gasteiger partial charge in [-0.05, 0) is 44.0 Å². The molecule has 2 aromatic rings. The Bertz CT molecular complexity index is 560. The number of fused-ring (bicyclic) bond motifs is 1. The fraction of sp³-hybridized carbons (Fsp3) is 0.308. The van der Waals surface area contributed by atoms with Gasteiger partial charge in [0.2, 0.25) is 0 Å². The standard InChI is InChI=1S/C13H14ClNO2/c1-9-7-10-8-11(14)4-5-12(10)15(9)6-2-3-13(16)17/h4-5,7-8H,2-3,6H2,1H3,(H,16,17)/p-1. The molecular formula is C13H13ClNO2-. The monoisotopic (exact) mass is 250 g/mol. The molecule has 1 aromatic heterocycles. The number of hydrogen-bond donors (Lipinski definition) is 0. The molecule has 2 rings (SSSR count). The van der Waals surface area contributed by atoms with Crippen molar-refractivity contribution in [2.24, 2.45) is 0 Å². The number of halogens is 1. The number of aromatic nitrogens is 1. The SMILES string of the molecule is Cc1cc2cc(Cl)ccc2n1CCCC(=O)[O-]. The number of rotatable bonds is 4. The summed E-state index contributed by atoms with van der Waals surface area (Å²) < 4.78 is 2.11. The van der Waals surface area contributed by atoms with E-state index in [1.165, 1.54) is 0 Å². The van der Waals surface area contributed by atoms with E-state index in [0.29, 0.717) is 18.0 Å². The predicted octanol–water partition coefficient (Wildman–Crippen LogP) is 2.13. The zero-order chi connectivity index (χ0) is 12.4. The van der Waals surface area contributed by atoms with Gasteiger partial charge >= 0.3 is 0 Å². The minimum atomic E-state index is -0.998. The van der Waals surface area contributed by atoms with Gasteiger partial charge in [0.15, 0.2) is 0 Å². The maximum absolute atomic E-state index is 10.4. The Morgan fingerprint density at radius 3 is 2.88 bits per heavy atom. The number of carbonyl (C=O) groups excluding carboxylic acids is 1. The highest BCUT2D eigenvalue weighted by Gasteiger charge is 2.05. The van der Waals surface area contributed by atoms with Gasteiger partial charge in [-0.25, -0.2) is 0 Å². The number of aliphatic carboxylic acids is 1. The quantitative estimate of drug-likeness (QED) is 0.835. The van der Waals surface area contributed by atoms with E-state index in [4.69, 9.17) is 11.6 Å². The summed E-state index contributed by atoms with van der Waals surface area (Å²) in [5, 5.41) is 12.2. The Balaban J connectivity index is 2.27. The molecule has 17 heavy (non-hydrogen) atoms. The van der Waals surface area contributed by atoms with Crippen LogP contribution in [0.4, 0.5) is 0 Å². The molecule has 0 aliphatic rings. The molecule has 0 saturated carbocycles. The third-order valence-corrected chi connectivity index (χ3v) is 3.07. The third-order valence-electron chi connectivity index (χ3n) is 2.83. The molecule has 0 bridgehead atoms. The van der Waals surface area contributed by atoms with Crippen LogP contribution >= 0.6 is 11.6 Å². The van der Waals surface area contributed by atoms with Crippen molar-refractivity contribution in [3.63, 3.8) is 0 Å². The van der Waals surface area contributed by atoms with Gasteiger partial charge in [-0.2, -0.15) is 0 Å². The van der Waals surface area contributed by atoms with Crippen LogP contribution in [0, 0.1) is 6.92 Å². The molecule has 3 nitrogen and oxygen atoms in total. The Morgan fingerprint density at radius 1 is 1.41 bits per heavy atom. The second kappa shape index (κ2) is 4.80. The zero-order valence-electron chi connectivity index (χ0n) is 9.57. The van der Waals surface area contributed by atoms with Crippen molar-refractivity contribution < 1.29 is 9.90 Å². The number of benzene rings is 1. The highest BCUT2D eigenvalue weighted by atomic mass is 35.5. The van der Waals surface area contributed by atoms with E-state index in [1.54, 1.807) is 0 Å². The minimum absolute atomic E-state index is 0.0900. The lowest BCUT2D eigenvalue weighted by molar-refractivity contribution is -0.305. The summed E-state index contributed by atoms with van der Waals surface area (Å²) in [5.74, 6) is -0.998. The van der Waals surface area contributed by atoms with Crippen molar-refractivity contribution in [2.75, 3.05) is 0 Å². The Morgan fingerprint density at radius 2 is 2.18 bits per heavy atom. The van der Waals surface area contributed by atoms with Crippen molar-refractivity contribution in [3.8, 4) is 0 Å². The third kappa shape index (κ3) is 2.61. The number of carboxylic acids is 1. The highest BCUT2D eigenvalue weighted by Crippen LogP contribution is 2.23. The van der Waals surface area contributed by atoms with Crippen LogP contribution < -0.4 is 5.11 Å². The van der Waals surface area contributed by atoms with E-state index >= 15 is 0 Å². The summed E-state index contributed by atoms with van der Waals surface area (Å²) in [6, 6.07) is 7.78. The van der Waals surface area contributed by atoms with Crippen molar-refractivity contribution in [3.05, 3.63) is 35.0 Å². The molecule has 0 atom stereocenters. The first-order chi connectivity index (χ1) is 8.08. The van der Waals surface area contributed by atoms with E-state index in [1.807, 2.05) is 25.1 Å². The second-order valence-electron chi connectivity index (χ2n) is 4.12. The molecule has 0 N–H and O–H groups in total. The topological polar surface area (TPSA) is 45.1 Å². The van der Waals surface area contributed by atoms with Crippen LogP contribution in [0.15, 0.2) is 24.3 Å². The Hall–Kier alpha value is -1.48. The molecule has 90 valence electrons. The summed E-state index contributed by atoms with van der Waals surface area (Å²) in [6.45, 7) is 2.69. The molecule has 0 amide bonds. The van der Waals surface area contributed by atoms with Crippen molar-refractivity contribution in [1.29, 1.82) is 0 Å². The summed E-state index contributed by atoms with van der Waals surface area (Å²) in [4.78, 5) is 10.4. The zero-order valence-corrected chi connectivity index (χ0v) is 10.3. The molecule has 0 unspecified atom stereocenters. The van der Waals surface area contributed by atoms with Gasteiger partial charge in [0.25, 0.3) is 0 Å². The summed E-state index contributed by atoms with van der Waals surface area (Å²) in [7, 11) is 0. The van der Waals surface area contributed by atoms with Gasteiger partial charge in [-0.1, -0.05) is 11.6 Å². The predicted molar refractivity (Wildman–Crippen MR) is 65.9 cm³/mol. The summed E-state index contributed by atoms with van der Waals surface area (Å²) >= 11 is 5.93. The van der Waals surface area contributed by atoms with Gasteiger partial charge in [-0.15, -0.1) is 0 Å². The van der Waals surface area contributed by atoms with E-state index in [9.17, 15) is 9.90 Å². The van der Waals surface area contributed by atoms with Crippen molar-refractivity contribution in [1.82, 2.24) is 4.57 Å². The first-order valence-corrected chi connectivity index (χ1v) is 5.91. The van der Waals surface area contributed by atoms with Gasteiger partial charge in [0, 0.05) is 34.1 Å². The van der Waals surface area contributed by atoms with E-state index in [0.717, 1.165) is 16.6 Å². The molecule has 0 aliphatic heterocycles. The number of hydrogen-bond acceptors (Lipinski definition) is 2. The maximum Gasteiger partial charge on any atom is 0.0483 e. The van der Waals surface area contributed by atoms with Crippen LogP contribution in [-0.4, -0.2) is 10.5 Å². The van der Waals surface area contributed by atoms with Crippen LogP contribution in [0.2, 0.25) is 5.02 Å². The number of carbonyl (C=O) groups is 1. The van der Waals surface area contributed by atoms with Crippen LogP contribution in [-0.2, 0) is 11.3 Å². The van der Waals surface area contributed by atoms with Crippen LogP contribution in [0.5, 0.6) is 0 Å². The summed E-state index contributed by atoms with van der Waals surface area (Å²) in [6.07, 6.45) is 0.669. The minimum Gasteiger partial charge on any atom is -0.550 e. The molecule has 0 radical (unpaired) electrons. The summed E-state index contributed by atoms with van der Waals surface area (Å²) in [5.41, 5.74) is 2.20. The molecule has 1 aromatic carbocycles. The first kappa shape index (κ1) is 12.0. The van der Waals surface area contributed by atoms with Crippen LogP contribution in [0.25, 0.3) is 10.9 Å². The van der Waals surface area contributed by atoms with E-state index in [2.05, 4.69) is 10.6 Å². The lowest BCUT2D eigenvalue weighted by Gasteiger charge is -2.08. The van der Waals surface area contributed by atoms with Crippen LogP contribution in [0.1, 0.15) is 18.5 Å². The fourth-order valence-corrected chi connectivity index (χ4v) is 2.24. The lowest BCUT2D eigenvalue weighted by Crippen LogP contribution is -2.22. The molecule has 0 aliphatic carbocycles. The number of aryl methyl sites for hydroxylation is 2. The average molecular weight is 251 g/mol. The number of nitrogens with zero attached hydrogens (tertiary/aromatic N) is 1. The molecule has 0 saturated heterocycles. The lowest BCUT2D eigenvalue weighted by atomic mass is 10.2. The smallest absolute Gasteiger partial charge is 0.0483 e. The van der Waals surface area contributed by atoms with E-state index in [-0.39, 0.29) is 6.42 Å². The van der Waals surface area contributed by atoms with Gasteiger partial charge in [0.05, 0.1) is 0 Å². The van der Waals surface area contributed by atoms with Gasteiger partial charge < -0.3 is 14.5 Å². The molecule has 4 heteroatoms. The van der Waals surface area contributed by atoms with Crippen molar-refractivity contribution >= 4 is 28.5 Å². The first-order valence-electron chi connectivity index (χ1n) is 5.53. The Kier molecular flexibility index (Phi) is 3.38. The second-order valence-corrected chi connectivity index (χ2v) is 4.55. The molecule has 1 heterocycles. The Labute approximate surface area is 105 Å². The fourth-order valence-electron chi connectivity index (χ4n) is 2.06. The largest absolute Gasteiger partial charge is 0.550 e. The molecule has 0 fully saturated rings. The highest BCUT2D eigenvalue weighted by molar-refractivity contribution is 6.31. The van der Waals surface area contributed by atoms with Gasteiger partial charge in [0.1, 0.15) is 0 Å². The molecular weight excluding hydrogens is 238 g/mol.